The fourth-order valence-corrected chi connectivity index (χ4v) is 0.957. The van der Waals surface area contributed by atoms with Gasteiger partial charge in [0, 0.05) is 12.6 Å². The number of hydrogen-bond donors (Lipinski definition) is 2. The number of carbonyl (C=O) groups is 1. The van der Waals surface area contributed by atoms with E-state index in [1.54, 1.807) is 0 Å². The Morgan fingerprint density at radius 1 is 1.40 bits per heavy atom. The summed E-state index contributed by atoms with van der Waals surface area (Å²) in [4.78, 5) is 11.3. The fourth-order valence-electron chi connectivity index (χ4n) is 0.957. The summed E-state index contributed by atoms with van der Waals surface area (Å²) in [6, 6.07) is -0.0233. The van der Waals surface area contributed by atoms with Crippen LogP contribution in [0.4, 0.5) is 4.79 Å². The van der Waals surface area contributed by atoms with Crippen LogP contribution >= 0.6 is 12.4 Å². The Morgan fingerprint density at radius 3 is 2.13 bits per heavy atom. The molecule has 0 aromatic rings. The maximum absolute atomic E-state index is 11.3. The number of rotatable bonds is 3. The minimum Gasteiger partial charge on any atom is -0.444 e. The molecule has 1 amide bonds. The SMILES string of the molecule is CC(C)[C@@H](CN)NC(=O)OC(C)(C)C.Cl. The van der Waals surface area contributed by atoms with Gasteiger partial charge in [-0.15, -0.1) is 12.4 Å². The van der Waals surface area contributed by atoms with Crippen molar-refractivity contribution in [3.8, 4) is 0 Å². The van der Waals surface area contributed by atoms with Crippen LogP contribution in [0.3, 0.4) is 0 Å². The second kappa shape index (κ2) is 6.90. The number of carbonyl (C=O) groups excluding carboxylic acids is 1. The molecule has 5 heteroatoms. The molecule has 0 aliphatic heterocycles. The van der Waals surface area contributed by atoms with E-state index in [1.165, 1.54) is 0 Å². The Morgan fingerprint density at radius 2 is 1.87 bits per heavy atom. The Bertz CT molecular complexity index is 190. The predicted octanol–water partition coefficient (Wildman–Crippen LogP) is 1.92. The summed E-state index contributed by atoms with van der Waals surface area (Å²) in [6.07, 6.45) is -0.401. The molecule has 0 aliphatic rings. The average Bonchev–Trinajstić information content (AvgIpc) is 1.96. The molecule has 1 atom stereocenters. The van der Waals surface area contributed by atoms with E-state index in [2.05, 4.69) is 5.32 Å². The van der Waals surface area contributed by atoms with E-state index in [0.29, 0.717) is 12.5 Å². The molecule has 4 nitrogen and oxygen atoms in total. The van der Waals surface area contributed by atoms with E-state index in [0.717, 1.165) is 0 Å². The maximum atomic E-state index is 11.3. The third-order valence-corrected chi connectivity index (χ3v) is 1.76. The van der Waals surface area contributed by atoms with Crippen LogP contribution in [-0.4, -0.2) is 24.3 Å². The maximum Gasteiger partial charge on any atom is 0.407 e. The van der Waals surface area contributed by atoms with Crippen molar-refractivity contribution in [2.45, 2.75) is 46.3 Å². The van der Waals surface area contributed by atoms with Crippen molar-refractivity contribution >= 4 is 18.5 Å². The lowest BCUT2D eigenvalue weighted by Crippen LogP contribution is -2.45. The zero-order valence-electron chi connectivity index (χ0n) is 10.2. The smallest absolute Gasteiger partial charge is 0.407 e. The van der Waals surface area contributed by atoms with Crippen LogP contribution < -0.4 is 11.1 Å². The number of amides is 1. The third kappa shape index (κ3) is 8.51. The number of hydrogen-bond acceptors (Lipinski definition) is 3. The van der Waals surface area contributed by atoms with Crippen LogP contribution in [-0.2, 0) is 4.74 Å². The van der Waals surface area contributed by atoms with Gasteiger partial charge >= 0.3 is 6.09 Å². The Hall–Kier alpha value is -0.480. The number of halogens is 1. The molecule has 0 saturated heterocycles. The molecule has 0 rings (SSSR count). The van der Waals surface area contributed by atoms with Gasteiger partial charge in [-0.1, -0.05) is 13.8 Å². The van der Waals surface area contributed by atoms with Crippen LogP contribution in [0.1, 0.15) is 34.6 Å². The molecule has 15 heavy (non-hydrogen) atoms. The summed E-state index contributed by atoms with van der Waals surface area (Å²) in [6.45, 7) is 9.94. The third-order valence-electron chi connectivity index (χ3n) is 1.76. The van der Waals surface area contributed by atoms with Crippen LogP contribution in [0.25, 0.3) is 0 Å². The molecule has 0 saturated carbocycles. The highest BCUT2D eigenvalue weighted by Gasteiger charge is 2.20. The van der Waals surface area contributed by atoms with E-state index >= 15 is 0 Å². The van der Waals surface area contributed by atoms with Gasteiger partial charge in [-0.25, -0.2) is 4.79 Å². The van der Waals surface area contributed by atoms with Crippen molar-refractivity contribution in [1.82, 2.24) is 5.32 Å². The minimum atomic E-state index is -0.458. The number of nitrogens with one attached hydrogen (secondary N) is 1. The molecule has 3 N–H and O–H groups in total. The lowest BCUT2D eigenvalue weighted by atomic mass is 10.1. The standard InChI is InChI=1S/C10H22N2O2.ClH/c1-7(2)8(6-11)12-9(13)14-10(3,4)5;/h7-8H,6,11H2,1-5H3,(H,12,13);1H/t8-;/m1./s1. The van der Waals surface area contributed by atoms with E-state index in [9.17, 15) is 4.79 Å². The van der Waals surface area contributed by atoms with E-state index in [1.807, 2.05) is 34.6 Å². The lowest BCUT2D eigenvalue weighted by molar-refractivity contribution is 0.0493. The normalized spacial score (nSPS) is 13.0. The van der Waals surface area contributed by atoms with Crippen LogP contribution in [0.5, 0.6) is 0 Å². The van der Waals surface area contributed by atoms with Crippen molar-refractivity contribution in [3.05, 3.63) is 0 Å². The highest BCUT2D eigenvalue weighted by atomic mass is 35.5. The molecule has 0 radical (unpaired) electrons. The molecule has 0 unspecified atom stereocenters. The molecule has 0 fully saturated rings. The van der Waals surface area contributed by atoms with E-state index in [-0.39, 0.29) is 18.4 Å². The molecule has 0 aromatic carbocycles. The molecule has 0 spiro atoms. The summed E-state index contributed by atoms with van der Waals surface area (Å²) in [5.41, 5.74) is 5.06. The van der Waals surface area contributed by atoms with E-state index in [4.69, 9.17) is 10.5 Å². The highest BCUT2D eigenvalue weighted by Crippen LogP contribution is 2.08. The van der Waals surface area contributed by atoms with Crippen LogP contribution in [0.2, 0.25) is 0 Å². The monoisotopic (exact) mass is 238 g/mol. The van der Waals surface area contributed by atoms with E-state index < -0.39 is 11.7 Å². The lowest BCUT2D eigenvalue weighted by Gasteiger charge is -2.24. The number of alkyl carbamates (subject to hydrolysis) is 1. The summed E-state index contributed by atoms with van der Waals surface area (Å²) >= 11 is 0. The van der Waals surface area contributed by atoms with Gasteiger partial charge in [0.05, 0.1) is 0 Å². The van der Waals surface area contributed by atoms with Gasteiger partial charge in [0.2, 0.25) is 0 Å². The molecular weight excluding hydrogens is 216 g/mol. The first-order valence-electron chi connectivity index (χ1n) is 4.96. The Kier molecular flexibility index (Phi) is 7.79. The molecule has 0 bridgehead atoms. The summed E-state index contributed by atoms with van der Waals surface area (Å²) in [7, 11) is 0. The van der Waals surface area contributed by atoms with Gasteiger partial charge < -0.3 is 15.8 Å². The summed E-state index contributed by atoms with van der Waals surface area (Å²) in [5, 5.41) is 2.74. The molecule has 0 aliphatic carbocycles. The zero-order valence-corrected chi connectivity index (χ0v) is 11.0. The molecular formula is C10H23ClN2O2. The Labute approximate surface area is 98.3 Å². The van der Waals surface area contributed by atoms with Gasteiger partial charge in [-0.05, 0) is 26.7 Å². The minimum absolute atomic E-state index is 0. The van der Waals surface area contributed by atoms with Gasteiger partial charge in [0.15, 0.2) is 0 Å². The average molecular weight is 239 g/mol. The number of nitrogens with two attached hydrogens (primary N) is 1. The van der Waals surface area contributed by atoms with Crippen molar-refractivity contribution in [2.24, 2.45) is 11.7 Å². The van der Waals surface area contributed by atoms with Crippen molar-refractivity contribution in [2.75, 3.05) is 6.54 Å². The Balaban J connectivity index is 0. The first-order valence-corrected chi connectivity index (χ1v) is 4.96. The number of ether oxygens (including phenoxy) is 1. The molecule has 0 heterocycles. The quantitative estimate of drug-likeness (QED) is 0.790. The zero-order chi connectivity index (χ0) is 11.4. The van der Waals surface area contributed by atoms with Crippen molar-refractivity contribution in [3.63, 3.8) is 0 Å². The second-order valence-electron chi connectivity index (χ2n) is 4.73. The second-order valence-corrected chi connectivity index (χ2v) is 4.73. The molecule has 0 aromatic heterocycles. The van der Waals surface area contributed by atoms with Gasteiger partial charge in [-0.2, -0.15) is 0 Å². The molecule has 92 valence electrons. The van der Waals surface area contributed by atoms with Crippen LogP contribution in [0.15, 0.2) is 0 Å². The predicted molar refractivity (Wildman–Crippen MR) is 64.3 cm³/mol. The van der Waals surface area contributed by atoms with Gasteiger partial charge in [0.1, 0.15) is 5.60 Å². The highest BCUT2D eigenvalue weighted by molar-refractivity contribution is 5.85. The first kappa shape index (κ1) is 16.9. The fraction of sp³-hybridized carbons (Fsp3) is 0.900. The largest absolute Gasteiger partial charge is 0.444 e. The van der Waals surface area contributed by atoms with Crippen molar-refractivity contribution < 1.29 is 9.53 Å². The summed E-state index contributed by atoms with van der Waals surface area (Å²) in [5.74, 6) is 0.313. The first-order chi connectivity index (χ1) is 6.26. The van der Waals surface area contributed by atoms with Crippen LogP contribution in [0, 0.1) is 5.92 Å². The van der Waals surface area contributed by atoms with Crippen molar-refractivity contribution in [1.29, 1.82) is 0 Å². The topological polar surface area (TPSA) is 64.3 Å². The summed E-state index contributed by atoms with van der Waals surface area (Å²) < 4.78 is 5.11. The van der Waals surface area contributed by atoms with Gasteiger partial charge in [0.25, 0.3) is 0 Å². The van der Waals surface area contributed by atoms with Gasteiger partial charge in [-0.3, -0.25) is 0 Å².